The van der Waals surface area contributed by atoms with Crippen molar-refractivity contribution in [3.8, 4) is 0 Å². The summed E-state index contributed by atoms with van der Waals surface area (Å²) in [6.07, 6.45) is 3.85. The largest absolute Gasteiger partial charge is 0.330 e. The van der Waals surface area contributed by atoms with Gasteiger partial charge < -0.3 is 5.73 Å². The van der Waals surface area contributed by atoms with Crippen LogP contribution < -0.4 is 5.73 Å². The quantitative estimate of drug-likeness (QED) is 0.914. The van der Waals surface area contributed by atoms with Crippen LogP contribution in [0.3, 0.4) is 0 Å². The van der Waals surface area contributed by atoms with E-state index in [1.807, 2.05) is 0 Å². The van der Waals surface area contributed by atoms with Crippen LogP contribution in [0, 0.1) is 5.92 Å². The van der Waals surface area contributed by atoms with E-state index < -0.39 is 0 Å². The van der Waals surface area contributed by atoms with E-state index in [4.69, 9.17) is 5.73 Å². The normalized spacial score (nSPS) is 20.4. The number of benzene rings is 1. The first-order chi connectivity index (χ1) is 8.28. The molecule has 1 fully saturated rings. The molecule has 0 radical (unpaired) electrons. The minimum Gasteiger partial charge on any atom is -0.330 e. The number of nitrogens with zero attached hydrogens (tertiary/aromatic N) is 1. The summed E-state index contributed by atoms with van der Waals surface area (Å²) in [6, 6.07) is 8.61. The highest BCUT2D eigenvalue weighted by molar-refractivity contribution is 9.10. The van der Waals surface area contributed by atoms with Crippen molar-refractivity contribution in [3.05, 3.63) is 34.3 Å². The standard InChI is InChI=1S/C14H21BrN2.ClH/c15-14-5-1-3-13(9-14)11-17-8-2-4-12(10-17)6-7-16;/h1,3,5,9,12H,2,4,6-8,10-11,16H2;1H. The molecule has 0 spiro atoms. The summed E-state index contributed by atoms with van der Waals surface area (Å²) in [5.74, 6) is 0.806. The fraction of sp³-hybridized carbons (Fsp3) is 0.571. The minimum atomic E-state index is 0. The Balaban J connectivity index is 0.00000162. The lowest BCUT2D eigenvalue weighted by atomic mass is 9.94. The van der Waals surface area contributed by atoms with Crippen LogP contribution in [0.1, 0.15) is 24.8 Å². The monoisotopic (exact) mass is 332 g/mol. The summed E-state index contributed by atoms with van der Waals surface area (Å²) in [4.78, 5) is 2.56. The second kappa shape index (κ2) is 8.16. The Kier molecular flexibility index (Phi) is 7.23. The molecule has 1 atom stereocenters. The Labute approximate surface area is 124 Å². The average Bonchev–Trinajstić information content (AvgIpc) is 2.30. The van der Waals surface area contributed by atoms with Gasteiger partial charge in [-0.05, 0) is 56.0 Å². The van der Waals surface area contributed by atoms with E-state index in [1.54, 1.807) is 0 Å². The van der Waals surface area contributed by atoms with Crippen molar-refractivity contribution in [2.45, 2.75) is 25.8 Å². The number of hydrogen-bond acceptors (Lipinski definition) is 2. The van der Waals surface area contributed by atoms with E-state index >= 15 is 0 Å². The molecule has 102 valence electrons. The van der Waals surface area contributed by atoms with Crippen LogP contribution in [0.2, 0.25) is 0 Å². The average molecular weight is 334 g/mol. The number of halogens is 2. The van der Waals surface area contributed by atoms with Crippen molar-refractivity contribution in [2.24, 2.45) is 11.7 Å². The summed E-state index contributed by atoms with van der Waals surface area (Å²) in [6.45, 7) is 4.34. The van der Waals surface area contributed by atoms with E-state index in [-0.39, 0.29) is 12.4 Å². The molecule has 0 bridgehead atoms. The molecule has 1 aliphatic heterocycles. The van der Waals surface area contributed by atoms with Gasteiger partial charge in [0.15, 0.2) is 0 Å². The predicted molar refractivity (Wildman–Crippen MR) is 83.1 cm³/mol. The third kappa shape index (κ3) is 4.88. The van der Waals surface area contributed by atoms with Crippen molar-refractivity contribution in [2.75, 3.05) is 19.6 Å². The number of likely N-dealkylation sites (tertiary alicyclic amines) is 1. The Bertz CT molecular complexity index is 357. The first kappa shape index (κ1) is 16.0. The minimum absolute atomic E-state index is 0. The lowest BCUT2D eigenvalue weighted by Crippen LogP contribution is -2.35. The molecule has 18 heavy (non-hydrogen) atoms. The molecule has 1 aromatic carbocycles. The predicted octanol–water partition coefficient (Wildman–Crippen LogP) is 3.43. The van der Waals surface area contributed by atoms with Crippen molar-refractivity contribution in [3.63, 3.8) is 0 Å². The molecule has 2 N–H and O–H groups in total. The summed E-state index contributed by atoms with van der Waals surface area (Å²) in [5.41, 5.74) is 7.05. The van der Waals surface area contributed by atoms with Crippen LogP contribution in [0.15, 0.2) is 28.7 Å². The summed E-state index contributed by atoms with van der Waals surface area (Å²) < 4.78 is 1.17. The fourth-order valence-corrected chi connectivity index (χ4v) is 3.11. The first-order valence-electron chi connectivity index (χ1n) is 6.45. The zero-order chi connectivity index (χ0) is 12.1. The first-order valence-corrected chi connectivity index (χ1v) is 7.24. The highest BCUT2D eigenvalue weighted by atomic mass is 79.9. The van der Waals surface area contributed by atoms with Crippen LogP contribution in [-0.2, 0) is 6.54 Å². The molecule has 1 aromatic rings. The third-order valence-electron chi connectivity index (χ3n) is 3.47. The molecule has 2 nitrogen and oxygen atoms in total. The molecule has 1 saturated heterocycles. The molecule has 0 aliphatic carbocycles. The van der Waals surface area contributed by atoms with Gasteiger partial charge in [0.05, 0.1) is 0 Å². The molecule has 1 aliphatic rings. The van der Waals surface area contributed by atoms with Gasteiger partial charge in [0.1, 0.15) is 0 Å². The molecule has 1 unspecified atom stereocenters. The second-order valence-corrected chi connectivity index (χ2v) is 5.87. The molecule has 1 heterocycles. The topological polar surface area (TPSA) is 29.3 Å². The number of rotatable bonds is 4. The Morgan fingerprint density at radius 3 is 2.94 bits per heavy atom. The third-order valence-corrected chi connectivity index (χ3v) is 3.97. The molecule has 0 saturated carbocycles. The summed E-state index contributed by atoms with van der Waals surface area (Å²) >= 11 is 3.53. The van der Waals surface area contributed by atoms with Gasteiger partial charge in [0.2, 0.25) is 0 Å². The van der Waals surface area contributed by atoms with Gasteiger partial charge in [-0.25, -0.2) is 0 Å². The zero-order valence-corrected chi connectivity index (χ0v) is 13.0. The zero-order valence-electron chi connectivity index (χ0n) is 10.6. The van der Waals surface area contributed by atoms with Crippen LogP contribution in [-0.4, -0.2) is 24.5 Å². The Morgan fingerprint density at radius 1 is 1.39 bits per heavy atom. The lowest BCUT2D eigenvalue weighted by Gasteiger charge is -2.32. The number of hydrogen-bond donors (Lipinski definition) is 1. The van der Waals surface area contributed by atoms with Gasteiger partial charge in [-0.1, -0.05) is 28.1 Å². The maximum Gasteiger partial charge on any atom is 0.0234 e. The Hall–Kier alpha value is -0.0900. The number of nitrogens with two attached hydrogens (primary N) is 1. The smallest absolute Gasteiger partial charge is 0.0234 e. The van der Waals surface area contributed by atoms with Crippen molar-refractivity contribution >= 4 is 28.3 Å². The van der Waals surface area contributed by atoms with Crippen LogP contribution >= 0.6 is 28.3 Å². The fourth-order valence-electron chi connectivity index (χ4n) is 2.66. The highest BCUT2D eigenvalue weighted by Gasteiger charge is 2.19. The maximum absolute atomic E-state index is 5.65. The van der Waals surface area contributed by atoms with Crippen LogP contribution in [0.4, 0.5) is 0 Å². The van der Waals surface area contributed by atoms with Gasteiger partial charge in [0.25, 0.3) is 0 Å². The van der Waals surface area contributed by atoms with Gasteiger partial charge in [-0.3, -0.25) is 4.90 Å². The summed E-state index contributed by atoms with van der Waals surface area (Å²) in [7, 11) is 0. The highest BCUT2D eigenvalue weighted by Crippen LogP contribution is 2.21. The van der Waals surface area contributed by atoms with E-state index in [0.29, 0.717) is 0 Å². The van der Waals surface area contributed by atoms with E-state index in [9.17, 15) is 0 Å². The Morgan fingerprint density at radius 2 is 2.22 bits per heavy atom. The van der Waals surface area contributed by atoms with Gasteiger partial charge >= 0.3 is 0 Å². The SMILES string of the molecule is Cl.NCCC1CCCN(Cc2cccc(Br)c2)C1. The van der Waals surface area contributed by atoms with Crippen LogP contribution in [0.5, 0.6) is 0 Å². The lowest BCUT2D eigenvalue weighted by molar-refractivity contribution is 0.163. The summed E-state index contributed by atoms with van der Waals surface area (Å²) in [5, 5.41) is 0. The molecular weight excluding hydrogens is 312 g/mol. The van der Waals surface area contributed by atoms with Gasteiger partial charge in [-0.2, -0.15) is 0 Å². The number of piperidine rings is 1. The van der Waals surface area contributed by atoms with Crippen molar-refractivity contribution in [1.29, 1.82) is 0 Å². The molecule has 0 aromatic heterocycles. The molecule has 2 rings (SSSR count). The van der Waals surface area contributed by atoms with Crippen LogP contribution in [0.25, 0.3) is 0 Å². The molecule has 4 heteroatoms. The van der Waals surface area contributed by atoms with Crippen molar-refractivity contribution < 1.29 is 0 Å². The molecular formula is C14H22BrClN2. The van der Waals surface area contributed by atoms with E-state index in [0.717, 1.165) is 19.0 Å². The van der Waals surface area contributed by atoms with Crippen molar-refractivity contribution in [1.82, 2.24) is 4.90 Å². The second-order valence-electron chi connectivity index (χ2n) is 4.95. The van der Waals surface area contributed by atoms with Gasteiger partial charge in [-0.15, -0.1) is 12.4 Å². The van der Waals surface area contributed by atoms with E-state index in [1.165, 1.54) is 42.4 Å². The molecule has 0 amide bonds. The van der Waals surface area contributed by atoms with Gasteiger partial charge in [0, 0.05) is 17.6 Å². The maximum atomic E-state index is 5.65. The van der Waals surface area contributed by atoms with E-state index in [2.05, 4.69) is 45.1 Å².